The maximum atomic E-state index is 12.0. The van der Waals surface area contributed by atoms with E-state index in [0.717, 1.165) is 30.2 Å². The maximum absolute atomic E-state index is 12.0. The molecule has 0 aromatic heterocycles. The summed E-state index contributed by atoms with van der Waals surface area (Å²) in [7, 11) is 0. The van der Waals surface area contributed by atoms with E-state index < -0.39 is 6.43 Å². The van der Waals surface area contributed by atoms with E-state index >= 15 is 0 Å². The smallest absolute Gasteiger partial charge is 0.260 e. The van der Waals surface area contributed by atoms with Crippen molar-refractivity contribution in [3.63, 3.8) is 0 Å². The van der Waals surface area contributed by atoms with Gasteiger partial charge in [0.25, 0.3) is 6.43 Å². The van der Waals surface area contributed by atoms with Crippen LogP contribution >= 0.6 is 0 Å². The molecular weight excluding hydrogens is 294 g/mol. The van der Waals surface area contributed by atoms with Crippen molar-refractivity contribution in [2.45, 2.75) is 26.2 Å². The topological polar surface area (TPSA) is 9.23 Å². The van der Waals surface area contributed by atoms with Gasteiger partial charge in [-0.3, -0.25) is 0 Å². The Morgan fingerprint density at radius 3 is 2.00 bits per heavy atom. The van der Waals surface area contributed by atoms with Crippen LogP contribution in [-0.4, -0.2) is 6.43 Å². The Morgan fingerprint density at radius 1 is 0.913 bits per heavy atom. The summed E-state index contributed by atoms with van der Waals surface area (Å²) in [4.78, 5) is 0. The van der Waals surface area contributed by atoms with Crippen LogP contribution in [0.5, 0.6) is 5.75 Å². The van der Waals surface area contributed by atoms with Crippen molar-refractivity contribution >= 4 is 12.2 Å². The van der Waals surface area contributed by atoms with Crippen molar-refractivity contribution in [2.24, 2.45) is 0 Å². The number of aryl methyl sites for hydroxylation is 1. The number of hydrogen-bond donors (Lipinski definition) is 0. The molecule has 0 atom stereocenters. The molecule has 0 aliphatic heterocycles. The molecule has 0 spiro atoms. The van der Waals surface area contributed by atoms with E-state index in [1.165, 1.54) is 5.56 Å². The highest BCUT2D eigenvalue weighted by Gasteiger charge is 1.95. The van der Waals surface area contributed by atoms with Gasteiger partial charge in [-0.15, -0.1) is 0 Å². The first-order valence-electron chi connectivity index (χ1n) is 7.66. The summed E-state index contributed by atoms with van der Waals surface area (Å²) in [5.41, 5.74) is 3.51. The van der Waals surface area contributed by atoms with Crippen LogP contribution in [0, 0.1) is 0 Å². The molecule has 0 radical (unpaired) electrons. The molecule has 120 valence electrons. The second kappa shape index (κ2) is 8.89. The van der Waals surface area contributed by atoms with Gasteiger partial charge >= 0.3 is 0 Å². The Hall–Kier alpha value is -2.42. The lowest BCUT2D eigenvalue weighted by atomic mass is 10.1. The molecule has 0 aliphatic rings. The van der Waals surface area contributed by atoms with Crippen molar-refractivity contribution in [3.05, 3.63) is 77.6 Å². The molecule has 0 saturated carbocycles. The monoisotopic (exact) mass is 314 g/mol. The number of allylic oxidation sites excluding steroid dienone is 1. The number of alkyl halides is 2. The zero-order valence-electron chi connectivity index (χ0n) is 13.1. The zero-order chi connectivity index (χ0) is 16.5. The third-order valence-electron chi connectivity index (χ3n) is 3.29. The van der Waals surface area contributed by atoms with Gasteiger partial charge in [0.1, 0.15) is 5.75 Å². The highest BCUT2D eigenvalue weighted by molar-refractivity contribution is 5.69. The minimum atomic E-state index is -2.50. The molecule has 2 aromatic rings. The molecule has 0 unspecified atom stereocenters. The van der Waals surface area contributed by atoms with Crippen LogP contribution in [0.1, 0.15) is 30.0 Å². The molecule has 0 heterocycles. The average molecular weight is 314 g/mol. The predicted octanol–water partition coefficient (Wildman–Crippen LogP) is 5.97. The quantitative estimate of drug-likeness (QED) is 0.452. The van der Waals surface area contributed by atoms with Gasteiger partial charge in [0.15, 0.2) is 0 Å². The Bertz CT molecular complexity index is 640. The van der Waals surface area contributed by atoms with Crippen molar-refractivity contribution in [1.82, 2.24) is 0 Å². The van der Waals surface area contributed by atoms with Gasteiger partial charge in [0.05, 0.1) is 6.26 Å². The molecule has 0 fully saturated rings. The van der Waals surface area contributed by atoms with E-state index in [0.29, 0.717) is 11.8 Å². The lowest BCUT2D eigenvalue weighted by Gasteiger charge is -2.01. The van der Waals surface area contributed by atoms with Crippen LogP contribution in [0.3, 0.4) is 0 Å². The van der Waals surface area contributed by atoms with Gasteiger partial charge < -0.3 is 4.74 Å². The Balaban J connectivity index is 1.94. The summed E-state index contributed by atoms with van der Waals surface area (Å²) < 4.78 is 29.0. The lowest BCUT2D eigenvalue weighted by molar-refractivity contribution is 0.201. The second-order valence-electron chi connectivity index (χ2n) is 5.17. The SMILES string of the molecule is CCCc1ccc(C=Cc2ccc(OC=CC(F)F)cc2)cc1. The van der Waals surface area contributed by atoms with Crippen LogP contribution in [0.2, 0.25) is 0 Å². The number of rotatable bonds is 7. The minimum Gasteiger partial charge on any atom is -0.465 e. The maximum Gasteiger partial charge on any atom is 0.260 e. The first-order valence-corrected chi connectivity index (χ1v) is 7.66. The summed E-state index contributed by atoms with van der Waals surface area (Å²) in [5.74, 6) is 0.531. The van der Waals surface area contributed by atoms with E-state index in [9.17, 15) is 8.78 Å². The average Bonchev–Trinajstić information content (AvgIpc) is 2.55. The molecule has 0 amide bonds. The third-order valence-corrected chi connectivity index (χ3v) is 3.29. The fourth-order valence-corrected chi connectivity index (χ4v) is 2.11. The van der Waals surface area contributed by atoms with Crippen LogP contribution in [0.25, 0.3) is 12.2 Å². The van der Waals surface area contributed by atoms with Crippen LogP contribution < -0.4 is 4.74 Å². The first-order chi connectivity index (χ1) is 11.2. The molecule has 0 N–H and O–H groups in total. The molecular formula is C20H20F2O. The van der Waals surface area contributed by atoms with Crippen molar-refractivity contribution in [2.75, 3.05) is 0 Å². The molecule has 1 nitrogen and oxygen atoms in total. The number of ether oxygens (including phenoxy) is 1. The molecule has 2 rings (SSSR count). The first kappa shape index (κ1) is 16.9. The summed E-state index contributed by atoms with van der Waals surface area (Å²) in [6.07, 6.45) is 5.52. The predicted molar refractivity (Wildman–Crippen MR) is 91.6 cm³/mol. The van der Waals surface area contributed by atoms with E-state index in [2.05, 4.69) is 31.2 Å². The molecule has 3 heteroatoms. The van der Waals surface area contributed by atoms with Gasteiger partial charge in [-0.05, 0) is 35.2 Å². The van der Waals surface area contributed by atoms with Crippen molar-refractivity contribution in [1.29, 1.82) is 0 Å². The fraction of sp³-hybridized carbons (Fsp3) is 0.200. The second-order valence-corrected chi connectivity index (χ2v) is 5.17. The Morgan fingerprint density at radius 2 is 1.48 bits per heavy atom. The number of benzene rings is 2. The van der Waals surface area contributed by atoms with Gasteiger partial charge in [-0.2, -0.15) is 0 Å². The molecule has 2 aromatic carbocycles. The fourth-order valence-electron chi connectivity index (χ4n) is 2.11. The van der Waals surface area contributed by atoms with Gasteiger partial charge in [-0.25, -0.2) is 8.78 Å². The van der Waals surface area contributed by atoms with Gasteiger partial charge in [0, 0.05) is 6.08 Å². The molecule has 23 heavy (non-hydrogen) atoms. The van der Waals surface area contributed by atoms with E-state index in [4.69, 9.17) is 4.74 Å². The Labute approximate surface area is 135 Å². The lowest BCUT2D eigenvalue weighted by Crippen LogP contribution is -1.86. The summed E-state index contributed by atoms with van der Waals surface area (Å²) in [6.45, 7) is 2.17. The van der Waals surface area contributed by atoms with Crippen LogP contribution in [-0.2, 0) is 6.42 Å². The standard InChI is InChI=1S/C20H20F2O/c1-2-3-16-4-6-17(7-5-16)8-9-18-10-12-19(13-11-18)23-15-14-20(21)22/h4-15,20H,2-3H2,1H3. The molecule has 0 saturated heterocycles. The minimum absolute atomic E-state index is 0.531. The molecule has 0 aliphatic carbocycles. The summed E-state index contributed by atoms with van der Waals surface area (Å²) >= 11 is 0. The Kier molecular flexibility index (Phi) is 6.55. The van der Waals surface area contributed by atoms with E-state index in [-0.39, 0.29) is 0 Å². The largest absolute Gasteiger partial charge is 0.465 e. The normalized spacial score (nSPS) is 11.7. The number of halogens is 2. The zero-order valence-corrected chi connectivity index (χ0v) is 13.1. The van der Waals surface area contributed by atoms with Crippen molar-refractivity contribution < 1.29 is 13.5 Å². The highest BCUT2D eigenvalue weighted by atomic mass is 19.3. The van der Waals surface area contributed by atoms with E-state index in [1.54, 1.807) is 12.1 Å². The summed E-state index contributed by atoms with van der Waals surface area (Å²) in [5, 5.41) is 0. The molecule has 0 bridgehead atoms. The van der Waals surface area contributed by atoms with Crippen molar-refractivity contribution in [3.8, 4) is 5.75 Å². The third kappa shape index (κ3) is 6.07. The van der Waals surface area contributed by atoms with Gasteiger partial charge in [-0.1, -0.05) is 61.9 Å². The van der Waals surface area contributed by atoms with Gasteiger partial charge in [0.2, 0.25) is 0 Å². The number of hydrogen-bond acceptors (Lipinski definition) is 1. The van der Waals surface area contributed by atoms with E-state index in [1.807, 2.05) is 24.3 Å². The van der Waals surface area contributed by atoms with Crippen LogP contribution in [0.4, 0.5) is 8.78 Å². The van der Waals surface area contributed by atoms with Crippen LogP contribution in [0.15, 0.2) is 60.9 Å². The highest BCUT2D eigenvalue weighted by Crippen LogP contribution is 2.15. The summed E-state index contributed by atoms with van der Waals surface area (Å²) in [6, 6.07) is 15.8.